The molecule has 0 radical (unpaired) electrons. The molecule has 5 heteroatoms. The number of likely N-dealkylation sites (tertiary alicyclic amines) is 1. The Morgan fingerprint density at radius 3 is 2.89 bits per heavy atom. The van der Waals surface area contributed by atoms with Crippen molar-refractivity contribution in [3.05, 3.63) is 36.3 Å². The van der Waals surface area contributed by atoms with Gasteiger partial charge in [0.1, 0.15) is 5.65 Å². The molecule has 1 aliphatic rings. The van der Waals surface area contributed by atoms with Crippen molar-refractivity contribution in [3.8, 4) is 0 Å². The van der Waals surface area contributed by atoms with Crippen LogP contribution in [0.5, 0.6) is 0 Å². The third-order valence-electron chi connectivity index (χ3n) is 3.64. The van der Waals surface area contributed by atoms with Crippen LogP contribution in [-0.4, -0.2) is 39.3 Å². The molecule has 100 valence electrons. The van der Waals surface area contributed by atoms with Gasteiger partial charge in [0, 0.05) is 31.5 Å². The first kappa shape index (κ1) is 12.2. The Balaban J connectivity index is 1.68. The van der Waals surface area contributed by atoms with E-state index in [-0.39, 0.29) is 11.9 Å². The molecule has 2 aromatic heterocycles. The summed E-state index contributed by atoms with van der Waals surface area (Å²) in [5.41, 5.74) is 7.55. The fourth-order valence-corrected chi connectivity index (χ4v) is 2.49. The standard InChI is InChI=1S/C14H18N4O/c15-11-4-7-17(8-5-11)14(19)9-12-10-18-6-2-1-3-13(18)16-12/h1-3,6,10-11H,4-5,7-9,15H2. The van der Waals surface area contributed by atoms with Crippen molar-refractivity contribution in [1.82, 2.24) is 14.3 Å². The number of carbonyl (C=O) groups is 1. The highest BCUT2D eigenvalue weighted by molar-refractivity contribution is 5.78. The normalized spacial score (nSPS) is 17.0. The molecule has 0 aromatic carbocycles. The largest absolute Gasteiger partial charge is 0.342 e. The maximum Gasteiger partial charge on any atom is 0.228 e. The molecule has 0 atom stereocenters. The molecule has 3 heterocycles. The highest BCUT2D eigenvalue weighted by Gasteiger charge is 2.21. The molecule has 1 fully saturated rings. The van der Waals surface area contributed by atoms with Crippen LogP contribution in [0.25, 0.3) is 5.65 Å². The van der Waals surface area contributed by atoms with Crippen molar-refractivity contribution >= 4 is 11.6 Å². The highest BCUT2D eigenvalue weighted by atomic mass is 16.2. The van der Waals surface area contributed by atoms with Crippen LogP contribution in [0, 0.1) is 0 Å². The lowest BCUT2D eigenvalue weighted by molar-refractivity contribution is -0.131. The van der Waals surface area contributed by atoms with Gasteiger partial charge in [-0.2, -0.15) is 0 Å². The smallest absolute Gasteiger partial charge is 0.228 e. The van der Waals surface area contributed by atoms with Crippen molar-refractivity contribution in [3.63, 3.8) is 0 Å². The molecule has 1 aliphatic heterocycles. The molecule has 1 amide bonds. The fourth-order valence-electron chi connectivity index (χ4n) is 2.49. The quantitative estimate of drug-likeness (QED) is 0.867. The number of imidazole rings is 1. The summed E-state index contributed by atoms with van der Waals surface area (Å²) >= 11 is 0. The fraction of sp³-hybridized carbons (Fsp3) is 0.429. The number of hydrogen-bond donors (Lipinski definition) is 1. The summed E-state index contributed by atoms with van der Waals surface area (Å²) in [5.74, 6) is 0.148. The van der Waals surface area contributed by atoms with Gasteiger partial charge < -0.3 is 15.0 Å². The second kappa shape index (κ2) is 5.01. The topological polar surface area (TPSA) is 63.6 Å². The van der Waals surface area contributed by atoms with Gasteiger partial charge in [-0.25, -0.2) is 4.98 Å². The van der Waals surface area contributed by atoms with Gasteiger partial charge in [0.05, 0.1) is 12.1 Å². The van der Waals surface area contributed by atoms with Gasteiger partial charge in [0.15, 0.2) is 0 Å². The number of carbonyl (C=O) groups excluding carboxylic acids is 1. The number of hydrogen-bond acceptors (Lipinski definition) is 3. The van der Waals surface area contributed by atoms with E-state index in [1.165, 1.54) is 0 Å². The molecule has 0 unspecified atom stereocenters. The van der Waals surface area contributed by atoms with Crippen LogP contribution in [0.1, 0.15) is 18.5 Å². The second-order valence-corrected chi connectivity index (χ2v) is 5.09. The van der Waals surface area contributed by atoms with Crippen LogP contribution >= 0.6 is 0 Å². The van der Waals surface area contributed by atoms with Crippen LogP contribution in [0.4, 0.5) is 0 Å². The van der Waals surface area contributed by atoms with E-state index in [1.807, 2.05) is 39.9 Å². The van der Waals surface area contributed by atoms with Crippen molar-refractivity contribution in [2.45, 2.75) is 25.3 Å². The van der Waals surface area contributed by atoms with Gasteiger partial charge in [0.25, 0.3) is 0 Å². The third-order valence-corrected chi connectivity index (χ3v) is 3.64. The van der Waals surface area contributed by atoms with Crippen LogP contribution < -0.4 is 5.73 Å². The molecule has 5 nitrogen and oxygen atoms in total. The summed E-state index contributed by atoms with van der Waals surface area (Å²) in [6.07, 6.45) is 6.03. The molecule has 0 saturated carbocycles. The van der Waals surface area contributed by atoms with Gasteiger partial charge in [-0.1, -0.05) is 6.07 Å². The van der Waals surface area contributed by atoms with E-state index in [1.54, 1.807) is 0 Å². The Labute approximate surface area is 112 Å². The Morgan fingerprint density at radius 2 is 2.16 bits per heavy atom. The molecule has 0 spiro atoms. The van der Waals surface area contributed by atoms with E-state index < -0.39 is 0 Å². The van der Waals surface area contributed by atoms with Crippen LogP contribution in [0.2, 0.25) is 0 Å². The lowest BCUT2D eigenvalue weighted by atomic mass is 10.1. The molecule has 2 N–H and O–H groups in total. The molecule has 3 rings (SSSR count). The first-order valence-corrected chi connectivity index (χ1v) is 6.68. The van der Waals surface area contributed by atoms with E-state index in [0.29, 0.717) is 6.42 Å². The predicted octanol–water partition coefficient (Wildman–Crippen LogP) is 0.826. The van der Waals surface area contributed by atoms with Gasteiger partial charge in [-0.15, -0.1) is 0 Å². The predicted molar refractivity (Wildman–Crippen MR) is 72.7 cm³/mol. The Morgan fingerprint density at radius 1 is 1.37 bits per heavy atom. The number of nitrogens with two attached hydrogens (primary N) is 1. The third kappa shape index (κ3) is 2.61. The van der Waals surface area contributed by atoms with Crippen LogP contribution in [0.3, 0.4) is 0 Å². The summed E-state index contributed by atoms with van der Waals surface area (Å²) in [7, 11) is 0. The molecular formula is C14H18N4O. The second-order valence-electron chi connectivity index (χ2n) is 5.09. The number of fused-ring (bicyclic) bond motifs is 1. The maximum atomic E-state index is 12.2. The Hall–Kier alpha value is -1.88. The SMILES string of the molecule is NC1CCN(C(=O)Cc2cn3ccccc3n2)CC1. The first-order valence-electron chi connectivity index (χ1n) is 6.68. The molecule has 2 aromatic rings. The van der Waals surface area contributed by atoms with Crippen LogP contribution in [-0.2, 0) is 11.2 Å². The minimum Gasteiger partial charge on any atom is -0.342 e. The Kier molecular flexibility index (Phi) is 3.21. The first-order chi connectivity index (χ1) is 9.22. The van der Waals surface area contributed by atoms with E-state index >= 15 is 0 Å². The monoisotopic (exact) mass is 258 g/mol. The van der Waals surface area contributed by atoms with Crippen molar-refractivity contribution in [2.75, 3.05) is 13.1 Å². The van der Waals surface area contributed by atoms with Crippen LogP contribution in [0.15, 0.2) is 30.6 Å². The number of piperidine rings is 1. The number of amides is 1. The highest BCUT2D eigenvalue weighted by Crippen LogP contribution is 2.11. The van der Waals surface area contributed by atoms with E-state index in [4.69, 9.17) is 5.73 Å². The summed E-state index contributed by atoms with van der Waals surface area (Å²) in [6.45, 7) is 1.54. The molecule has 0 aliphatic carbocycles. The molecule has 1 saturated heterocycles. The number of rotatable bonds is 2. The Bertz CT molecular complexity index is 551. The summed E-state index contributed by atoms with van der Waals surface area (Å²) in [4.78, 5) is 18.5. The van der Waals surface area contributed by atoms with E-state index in [0.717, 1.165) is 37.3 Å². The summed E-state index contributed by atoms with van der Waals surface area (Å²) in [5, 5.41) is 0. The number of pyridine rings is 1. The lowest BCUT2D eigenvalue weighted by Gasteiger charge is -2.30. The zero-order chi connectivity index (χ0) is 13.2. The van der Waals surface area contributed by atoms with Gasteiger partial charge in [0.2, 0.25) is 5.91 Å². The van der Waals surface area contributed by atoms with Crippen molar-refractivity contribution < 1.29 is 4.79 Å². The average Bonchev–Trinajstić information content (AvgIpc) is 2.81. The zero-order valence-electron chi connectivity index (χ0n) is 10.8. The van der Waals surface area contributed by atoms with Crippen molar-refractivity contribution in [1.29, 1.82) is 0 Å². The molecular weight excluding hydrogens is 240 g/mol. The molecule has 0 bridgehead atoms. The van der Waals surface area contributed by atoms with Crippen molar-refractivity contribution in [2.24, 2.45) is 5.73 Å². The summed E-state index contributed by atoms with van der Waals surface area (Å²) < 4.78 is 1.94. The number of aromatic nitrogens is 2. The van der Waals surface area contributed by atoms with Gasteiger partial charge >= 0.3 is 0 Å². The minimum atomic E-state index is 0.148. The molecule has 19 heavy (non-hydrogen) atoms. The van der Waals surface area contributed by atoms with E-state index in [9.17, 15) is 4.79 Å². The van der Waals surface area contributed by atoms with Gasteiger partial charge in [-0.05, 0) is 25.0 Å². The van der Waals surface area contributed by atoms with Gasteiger partial charge in [-0.3, -0.25) is 4.79 Å². The maximum absolute atomic E-state index is 12.2. The number of nitrogens with zero attached hydrogens (tertiary/aromatic N) is 3. The lowest BCUT2D eigenvalue weighted by Crippen LogP contribution is -2.43. The zero-order valence-corrected chi connectivity index (χ0v) is 10.8. The minimum absolute atomic E-state index is 0.148. The summed E-state index contributed by atoms with van der Waals surface area (Å²) in [6, 6.07) is 6.08. The average molecular weight is 258 g/mol. The van der Waals surface area contributed by atoms with E-state index in [2.05, 4.69) is 4.98 Å².